The van der Waals surface area contributed by atoms with E-state index in [9.17, 15) is 4.79 Å². The maximum Gasteiger partial charge on any atom is 0.227 e. The molecular weight excluding hydrogens is 359 g/mol. The van der Waals surface area contributed by atoms with Gasteiger partial charge in [-0.25, -0.2) is 0 Å². The number of carbonyl (C=O) groups is 1. The van der Waals surface area contributed by atoms with Gasteiger partial charge in [0.2, 0.25) is 5.91 Å². The van der Waals surface area contributed by atoms with E-state index in [0.29, 0.717) is 19.1 Å². The predicted molar refractivity (Wildman–Crippen MR) is 89.1 cm³/mol. The zero-order valence-electron chi connectivity index (χ0n) is 12.5. The Balaban J connectivity index is 0. The second-order valence-corrected chi connectivity index (χ2v) is 4.66. The number of guanidine groups is 1. The minimum atomic E-state index is -0.473. The summed E-state index contributed by atoms with van der Waals surface area (Å²) in [5.74, 6) is 0.702. The number of rotatable bonds is 7. The molecule has 0 aliphatic heterocycles. The highest BCUT2D eigenvalue weighted by atomic mass is 127. The van der Waals surface area contributed by atoms with Crippen molar-refractivity contribution in [3.8, 4) is 0 Å². The topological polar surface area (TPSA) is 74.8 Å². The molecule has 0 fully saturated rings. The summed E-state index contributed by atoms with van der Waals surface area (Å²) in [5.41, 5.74) is -0.473. The molecule has 1 amide bonds. The Morgan fingerprint density at radius 2 is 1.95 bits per heavy atom. The number of hydrogen-bond acceptors (Lipinski definition) is 3. The van der Waals surface area contributed by atoms with Crippen molar-refractivity contribution in [1.29, 1.82) is 0 Å². The Hall–Kier alpha value is -0.570. The summed E-state index contributed by atoms with van der Waals surface area (Å²) in [4.78, 5) is 15.7. The number of nitrogens with zero attached hydrogens (tertiary/aromatic N) is 1. The molecule has 0 heterocycles. The summed E-state index contributed by atoms with van der Waals surface area (Å²) in [5, 5.41) is 8.95. The highest BCUT2D eigenvalue weighted by Gasteiger charge is 2.26. The molecular formula is C12H27IN4O2. The van der Waals surface area contributed by atoms with Crippen LogP contribution in [0.5, 0.6) is 0 Å². The summed E-state index contributed by atoms with van der Waals surface area (Å²) in [6.07, 6.45) is 0.913. The van der Waals surface area contributed by atoms with Gasteiger partial charge < -0.3 is 20.7 Å². The average Bonchev–Trinajstić information content (AvgIpc) is 2.36. The highest BCUT2D eigenvalue weighted by molar-refractivity contribution is 14.0. The van der Waals surface area contributed by atoms with Crippen LogP contribution in [0.15, 0.2) is 4.99 Å². The summed E-state index contributed by atoms with van der Waals surface area (Å²) in [6.45, 7) is 5.80. The van der Waals surface area contributed by atoms with Gasteiger partial charge in [0.1, 0.15) is 0 Å². The van der Waals surface area contributed by atoms with E-state index in [-0.39, 0.29) is 29.9 Å². The molecule has 0 rings (SSSR count). The van der Waals surface area contributed by atoms with Crippen LogP contribution < -0.4 is 16.0 Å². The number of methoxy groups -OCH3 is 1. The normalized spacial score (nSPS) is 11.5. The first kappa shape index (κ1) is 20.7. The summed E-state index contributed by atoms with van der Waals surface area (Å²) in [6, 6.07) is 0. The Labute approximate surface area is 133 Å². The van der Waals surface area contributed by atoms with E-state index in [2.05, 4.69) is 20.9 Å². The molecule has 0 aromatic rings. The number of carbonyl (C=O) groups excluding carboxylic acids is 1. The molecule has 0 aromatic carbocycles. The van der Waals surface area contributed by atoms with Crippen molar-refractivity contribution in [2.75, 3.05) is 40.9 Å². The van der Waals surface area contributed by atoms with Crippen LogP contribution in [0, 0.1) is 5.41 Å². The van der Waals surface area contributed by atoms with Crippen molar-refractivity contribution in [1.82, 2.24) is 16.0 Å². The highest BCUT2D eigenvalue weighted by Crippen LogP contribution is 2.12. The van der Waals surface area contributed by atoms with E-state index in [4.69, 9.17) is 4.74 Å². The van der Waals surface area contributed by atoms with Gasteiger partial charge in [-0.15, -0.1) is 24.0 Å². The SMILES string of the molecule is CN=C(NCCCOC)NCC(C)(C)C(=O)NC.I. The molecule has 0 bridgehead atoms. The minimum absolute atomic E-state index is 0. The lowest BCUT2D eigenvalue weighted by Gasteiger charge is -2.24. The van der Waals surface area contributed by atoms with Crippen LogP contribution in [0.3, 0.4) is 0 Å². The molecule has 7 heteroatoms. The molecule has 19 heavy (non-hydrogen) atoms. The van der Waals surface area contributed by atoms with Gasteiger partial charge in [0.25, 0.3) is 0 Å². The number of halogens is 1. The molecule has 0 spiro atoms. The van der Waals surface area contributed by atoms with Crippen LogP contribution in [0.4, 0.5) is 0 Å². The third-order valence-electron chi connectivity index (χ3n) is 2.58. The van der Waals surface area contributed by atoms with Gasteiger partial charge in [-0.05, 0) is 20.3 Å². The monoisotopic (exact) mass is 386 g/mol. The Morgan fingerprint density at radius 3 is 2.42 bits per heavy atom. The van der Waals surface area contributed by atoms with Crippen molar-refractivity contribution in [2.45, 2.75) is 20.3 Å². The van der Waals surface area contributed by atoms with Gasteiger partial charge in [0, 0.05) is 40.9 Å². The fourth-order valence-electron chi connectivity index (χ4n) is 1.37. The smallest absolute Gasteiger partial charge is 0.227 e. The van der Waals surface area contributed by atoms with Crippen molar-refractivity contribution in [3.05, 3.63) is 0 Å². The molecule has 0 unspecified atom stereocenters. The van der Waals surface area contributed by atoms with Crippen LogP contribution in [0.2, 0.25) is 0 Å². The van der Waals surface area contributed by atoms with E-state index in [1.54, 1.807) is 21.2 Å². The lowest BCUT2D eigenvalue weighted by Crippen LogP contribution is -2.47. The standard InChI is InChI=1S/C12H26N4O2.HI/c1-12(2,10(17)13-3)9-16-11(14-4)15-7-6-8-18-5;/h6-9H2,1-5H3,(H,13,17)(H2,14,15,16);1H. The minimum Gasteiger partial charge on any atom is -0.385 e. The van der Waals surface area contributed by atoms with Gasteiger partial charge in [-0.2, -0.15) is 0 Å². The van der Waals surface area contributed by atoms with Gasteiger partial charge >= 0.3 is 0 Å². The van der Waals surface area contributed by atoms with Gasteiger partial charge in [-0.3, -0.25) is 9.79 Å². The van der Waals surface area contributed by atoms with Crippen LogP contribution in [-0.4, -0.2) is 52.8 Å². The first-order valence-corrected chi connectivity index (χ1v) is 6.13. The first-order valence-electron chi connectivity index (χ1n) is 6.13. The first-order chi connectivity index (χ1) is 8.47. The fraction of sp³-hybridized carbons (Fsp3) is 0.833. The Morgan fingerprint density at radius 1 is 1.32 bits per heavy atom. The van der Waals surface area contributed by atoms with E-state index < -0.39 is 5.41 Å². The van der Waals surface area contributed by atoms with Gasteiger partial charge in [-0.1, -0.05) is 0 Å². The second-order valence-electron chi connectivity index (χ2n) is 4.66. The third-order valence-corrected chi connectivity index (χ3v) is 2.58. The average molecular weight is 386 g/mol. The fourth-order valence-corrected chi connectivity index (χ4v) is 1.37. The number of nitrogens with one attached hydrogen (secondary N) is 3. The Kier molecular flexibility index (Phi) is 12.3. The van der Waals surface area contributed by atoms with Crippen molar-refractivity contribution < 1.29 is 9.53 Å². The van der Waals surface area contributed by atoms with E-state index in [1.807, 2.05) is 13.8 Å². The van der Waals surface area contributed by atoms with Crippen molar-refractivity contribution in [3.63, 3.8) is 0 Å². The lowest BCUT2D eigenvalue weighted by molar-refractivity contribution is -0.128. The molecule has 114 valence electrons. The summed E-state index contributed by atoms with van der Waals surface area (Å²) in [7, 11) is 5.03. The number of amides is 1. The predicted octanol–water partition coefficient (Wildman–Crippen LogP) is 0.578. The third kappa shape index (κ3) is 9.04. The molecule has 3 N–H and O–H groups in total. The van der Waals surface area contributed by atoms with E-state index in [0.717, 1.165) is 13.0 Å². The van der Waals surface area contributed by atoms with E-state index >= 15 is 0 Å². The zero-order chi connectivity index (χ0) is 14.0. The van der Waals surface area contributed by atoms with E-state index in [1.165, 1.54) is 0 Å². The molecule has 0 aliphatic rings. The largest absolute Gasteiger partial charge is 0.385 e. The van der Waals surface area contributed by atoms with Crippen LogP contribution >= 0.6 is 24.0 Å². The molecule has 6 nitrogen and oxygen atoms in total. The summed E-state index contributed by atoms with van der Waals surface area (Å²) < 4.78 is 4.96. The van der Waals surface area contributed by atoms with Crippen molar-refractivity contribution in [2.24, 2.45) is 10.4 Å². The van der Waals surface area contributed by atoms with Crippen LogP contribution in [0.25, 0.3) is 0 Å². The maximum atomic E-state index is 11.6. The lowest BCUT2D eigenvalue weighted by atomic mass is 9.92. The van der Waals surface area contributed by atoms with Gasteiger partial charge in [0.05, 0.1) is 5.41 Å². The molecule has 0 radical (unpaired) electrons. The molecule has 0 aromatic heterocycles. The molecule has 0 saturated carbocycles. The van der Waals surface area contributed by atoms with Crippen molar-refractivity contribution >= 4 is 35.8 Å². The van der Waals surface area contributed by atoms with Gasteiger partial charge in [0.15, 0.2) is 5.96 Å². The molecule has 0 saturated heterocycles. The van der Waals surface area contributed by atoms with Crippen LogP contribution in [-0.2, 0) is 9.53 Å². The molecule has 0 atom stereocenters. The van der Waals surface area contributed by atoms with Crippen LogP contribution in [0.1, 0.15) is 20.3 Å². The Bertz CT molecular complexity index is 283. The second kappa shape index (κ2) is 11.3. The number of hydrogen-bond donors (Lipinski definition) is 3. The number of ether oxygens (including phenoxy) is 1. The maximum absolute atomic E-state index is 11.6. The molecule has 0 aliphatic carbocycles. The number of aliphatic imine (C=N–C) groups is 1. The quantitative estimate of drug-likeness (QED) is 0.259. The summed E-state index contributed by atoms with van der Waals surface area (Å²) >= 11 is 0. The zero-order valence-corrected chi connectivity index (χ0v) is 14.8.